The summed E-state index contributed by atoms with van der Waals surface area (Å²) in [5.41, 5.74) is 1.47. The number of thiophene rings is 1. The Labute approximate surface area is 138 Å². The molecule has 1 aromatic heterocycles. The number of nitrogens with one attached hydrogen (secondary N) is 2. The predicted molar refractivity (Wildman–Crippen MR) is 90.8 cm³/mol. The summed E-state index contributed by atoms with van der Waals surface area (Å²) in [6.45, 7) is 0. The molecule has 0 aliphatic heterocycles. The van der Waals surface area contributed by atoms with E-state index < -0.39 is 0 Å². The van der Waals surface area contributed by atoms with Crippen molar-refractivity contribution in [1.29, 1.82) is 0 Å². The molecule has 118 valence electrons. The van der Waals surface area contributed by atoms with Crippen molar-refractivity contribution >= 4 is 28.8 Å². The zero-order valence-corrected chi connectivity index (χ0v) is 13.5. The molecule has 23 heavy (non-hydrogen) atoms. The number of amides is 2. The van der Waals surface area contributed by atoms with E-state index in [0.29, 0.717) is 10.9 Å². The molecule has 2 aliphatic rings. The molecule has 2 amide bonds. The summed E-state index contributed by atoms with van der Waals surface area (Å²) in [4.78, 5) is 25.1. The Hall–Kier alpha value is -2.14. The Kier molecular flexibility index (Phi) is 3.45. The lowest BCUT2D eigenvalue weighted by molar-refractivity contribution is -0.123. The van der Waals surface area contributed by atoms with E-state index >= 15 is 0 Å². The van der Waals surface area contributed by atoms with Gasteiger partial charge in [-0.1, -0.05) is 18.2 Å². The zero-order valence-electron chi connectivity index (χ0n) is 12.7. The Morgan fingerprint density at radius 2 is 1.83 bits per heavy atom. The van der Waals surface area contributed by atoms with Gasteiger partial charge >= 0.3 is 0 Å². The van der Waals surface area contributed by atoms with Crippen molar-refractivity contribution in [3.05, 3.63) is 52.2 Å². The van der Waals surface area contributed by atoms with E-state index in [4.69, 9.17) is 0 Å². The number of benzene rings is 1. The molecule has 5 heteroatoms. The number of rotatable bonds is 5. The van der Waals surface area contributed by atoms with E-state index in [1.165, 1.54) is 11.3 Å². The monoisotopic (exact) mass is 326 g/mol. The molecule has 2 fully saturated rings. The van der Waals surface area contributed by atoms with Crippen LogP contribution in [0.3, 0.4) is 0 Å². The van der Waals surface area contributed by atoms with Gasteiger partial charge in [-0.2, -0.15) is 0 Å². The predicted octanol–water partition coefficient (Wildman–Crippen LogP) is 3.31. The molecule has 2 aliphatic carbocycles. The van der Waals surface area contributed by atoms with Crippen LogP contribution in [0.15, 0.2) is 41.8 Å². The molecular formula is C18H18N2O2S. The highest BCUT2D eigenvalue weighted by atomic mass is 32.1. The van der Waals surface area contributed by atoms with E-state index in [2.05, 4.69) is 10.6 Å². The van der Waals surface area contributed by atoms with Gasteiger partial charge in [-0.15, -0.1) is 11.3 Å². The number of carbonyl (C=O) groups is 2. The smallest absolute Gasteiger partial charge is 0.265 e. The summed E-state index contributed by atoms with van der Waals surface area (Å²) < 4.78 is 0. The van der Waals surface area contributed by atoms with Gasteiger partial charge in [0.05, 0.1) is 10.3 Å². The number of carbonyl (C=O) groups excluding carboxylic acids is 2. The maximum absolute atomic E-state index is 12.4. The lowest BCUT2D eigenvalue weighted by atomic mass is 9.94. The highest BCUT2D eigenvalue weighted by molar-refractivity contribution is 7.12. The fourth-order valence-electron chi connectivity index (χ4n) is 2.80. The second-order valence-corrected chi connectivity index (χ2v) is 7.29. The maximum Gasteiger partial charge on any atom is 0.265 e. The lowest BCUT2D eigenvalue weighted by Crippen LogP contribution is -2.36. The minimum absolute atomic E-state index is 0.0969. The van der Waals surface area contributed by atoms with Gasteiger partial charge in [-0.3, -0.25) is 9.59 Å². The highest BCUT2D eigenvalue weighted by Gasteiger charge is 2.52. The van der Waals surface area contributed by atoms with Crippen molar-refractivity contribution in [2.75, 3.05) is 5.32 Å². The molecule has 0 unspecified atom stereocenters. The fraction of sp³-hybridized carbons (Fsp3) is 0.333. The average Bonchev–Trinajstić information content (AvgIpc) is 3.47. The average molecular weight is 326 g/mol. The van der Waals surface area contributed by atoms with Crippen LogP contribution in [0.1, 0.15) is 40.9 Å². The molecule has 2 N–H and O–H groups in total. The summed E-state index contributed by atoms with van der Waals surface area (Å²) >= 11 is 1.42. The molecule has 0 radical (unpaired) electrons. The van der Waals surface area contributed by atoms with Gasteiger partial charge in [0.25, 0.3) is 5.91 Å². The van der Waals surface area contributed by atoms with Crippen molar-refractivity contribution < 1.29 is 9.59 Å². The number of hydrogen-bond donors (Lipinski definition) is 2. The first-order valence-corrected chi connectivity index (χ1v) is 8.82. The first-order chi connectivity index (χ1) is 11.2. The Morgan fingerprint density at radius 3 is 2.39 bits per heavy atom. The summed E-state index contributed by atoms with van der Waals surface area (Å²) in [7, 11) is 0. The van der Waals surface area contributed by atoms with Crippen molar-refractivity contribution in [2.45, 2.75) is 37.1 Å². The van der Waals surface area contributed by atoms with Gasteiger partial charge in [0.15, 0.2) is 0 Å². The topological polar surface area (TPSA) is 58.2 Å². The SMILES string of the molecule is O=C(Nc1ccc(C2(C(=O)NC3CC3)CC2)cc1)c1cccs1. The van der Waals surface area contributed by atoms with Crippen LogP contribution >= 0.6 is 11.3 Å². The molecule has 0 bridgehead atoms. The van der Waals surface area contributed by atoms with Crippen LogP contribution in [-0.2, 0) is 10.2 Å². The van der Waals surface area contributed by atoms with Gasteiger partial charge in [-0.25, -0.2) is 0 Å². The summed E-state index contributed by atoms with van der Waals surface area (Å²) in [5, 5.41) is 7.88. The van der Waals surface area contributed by atoms with Gasteiger partial charge in [0, 0.05) is 11.7 Å². The van der Waals surface area contributed by atoms with Crippen LogP contribution in [0, 0.1) is 0 Å². The molecular weight excluding hydrogens is 308 g/mol. The van der Waals surface area contributed by atoms with Crippen LogP contribution in [0.2, 0.25) is 0 Å². The van der Waals surface area contributed by atoms with Crippen LogP contribution in [-0.4, -0.2) is 17.9 Å². The second-order valence-electron chi connectivity index (χ2n) is 6.34. The van der Waals surface area contributed by atoms with Crippen molar-refractivity contribution in [3.8, 4) is 0 Å². The number of anilines is 1. The molecule has 0 spiro atoms. The molecule has 0 atom stereocenters. The molecule has 0 saturated heterocycles. The zero-order chi connectivity index (χ0) is 15.9. The van der Waals surface area contributed by atoms with Crippen molar-refractivity contribution in [3.63, 3.8) is 0 Å². The van der Waals surface area contributed by atoms with E-state index in [1.54, 1.807) is 6.07 Å². The molecule has 1 heterocycles. The third-order valence-electron chi connectivity index (χ3n) is 4.54. The maximum atomic E-state index is 12.4. The normalized spacial score (nSPS) is 18.3. The molecule has 4 rings (SSSR count). The summed E-state index contributed by atoms with van der Waals surface area (Å²) in [6.07, 6.45) is 4.03. The van der Waals surface area contributed by atoms with E-state index in [-0.39, 0.29) is 17.2 Å². The molecule has 1 aromatic carbocycles. The standard InChI is InChI=1S/C18H18N2O2S/c21-16(15-2-1-11-23-15)19-13-5-3-12(4-6-13)18(9-10-18)17(22)20-14-7-8-14/h1-6,11,14H,7-10H2,(H,19,21)(H,20,22). The summed E-state index contributed by atoms with van der Waals surface area (Å²) in [5.74, 6) is 0.0655. The minimum Gasteiger partial charge on any atom is -0.353 e. The molecule has 2 aromatic rings. The Morgan fingerprint density at radius 1 is 1.09 bits per heavy atom. The van der Waals surface area contributed by atoms with Crippen LogP contribution < -0.4 is 10.6 Å². The van der Waals surface area contributed by atoms with Crippen LogP contribution in [0.4, 0.5) is 5.69 Å². The van der Waals surface area contributed by atoms with E-state index in [1.807, 2.05) is 35.7 Å². The largest absolute Gasteiger partial charge is 0.353 e. The first kappa shape index (κ1) is 14.5. The van der Waals surface area contributed by atoms with E-state index in [0.717, 1.165) is 36.9 Å². The lowest BCUT2D eigenvalue weighted by Gasteiger charge is -2.16. The second kappa shape index (κ2) is 5.49. The van der Waals surface area contributed by atoms with Gasteiger partial charge in [-0.05, 0) is 54.8 Å². The number of hydrogen-bond acceptors (Lipinski definition) is 3. The fourth-order valence-corrected chi connectivity index (χ4v) is 3.42. The van der Waals surface area contributed by atoms with Gasteiger partial charge in [0.2, 0.25) is 5.91 Å². The first-order valence-electron chi connectivity index (χ1n) is 7.94. The summed E-state index contributed by atoms with van der Waals surface area (Å²) in [6, 6.07) is 11.7. The quantitative estimate of drug-likeness (QED) is 0.885. The van der Waals surface area contributed by atoms with Gasteiger partial charge in [0.1, 0.15) is 0 Å². The third kappa shape index (κ3) is 2.88. The van der Waals surface area contributed by atoms with Crippen LogP contribution in [0.25, 0.3) is 0 Å². The Bertz CT molecular complexity index is 729. The minimum atomic E-state index is -0.334. The van der Waals surface area contributed by atoms with Crippen LogP contribution in [0.5, 0.6) is 0 Å². The van der Waals surface area contributed by atoms with Gasteiger partial charge < -0.3 is 10.6 Å². The molecule has 2 saturated carbocycles. The third-order valence-corrected chi connectivity index (χ3v) is 5.41. The Balaban J connectivity index is 1.45. The van der Waals surface area contributed by atoms with Crippen molar-refractivity contribution in [2.24, 2.45) is 0 Å². The van der Waals surface area contributed by atoms with E-state index in [9.17, 15) is 9.59 Å². The molecule has 4 nitrogen and oxygen atoms in total. The highest BCUT2D eigenvalue weighted by Crippen LogP contribution is 2.49. The van der Waals surface area contributed by atoms with Crippen molar-refractivity contribution in [1.82, 2.24) is 5.32 Å².